The van der Waals surface area contributed by atoms with Crippen molar-refractivity contribution in [2.75, 3.05) is 12.8 Å². The first-order valence-electron chi connectivity index (χ1n) is 4.12. The molecule has 0 radical (unpaired) electrons. The van der Waals surface area contributed by atoms with Gasteiger partial charge in [-0.05, 0) is 6.92 Å². The lowest BCUT2D eigenvalue weighted by Gasteiger charge is -2.15. The van der Waals surface area contributed by atoms with Gasteiger partial charge in [0.25, 0.3) is 0 Å². The van der Waals surface area contributed by atoms with Gasteiger partial charge in [-0.15, -0.1) is 0 Å². The predicted molar refractivity (Wildman–Crippen MR) is 55.1 cm³/mol. The van der Waals surface area contributed by atoms with E-state index in [0.29, 0.717) is 0 Å². The summed E-state index contributed by atoms with van der Waals surface area (Å²) < 4.78 is 3.98. The van der Waals surface area contributed by atoms with E-state index in [2.05, 4.69) is 26.8 Å². The highest BCUT2D eigenvalue weighted by atomic mass is 32.2. The van der Waals surface area contributed by atoms with Gasteiger partial charge in [0, 0.05) is 19.0 Å². The standard InChI is InChI=1S/C8H14N4S/c1-3-4-12(13-2)6-5-11-8-9-7-10-11/h3-4,7-8H,5-6H2,1-2H3/b4-3-. The normalized spacial score (nSPS) is 10.9. The second-order valence-corrected chi connectivity index (χ2v) is 3.30. The maximum absolute atomic E-state index is 4.03. The molecule has 0 bridgehead atoms. The van der Waals surface area contributed by atoms with Gasteiger partial charge in [0.15, 0.2) is 0 Å². The molecule has 0 amide bonds. The fraction of sp³-hybridized carbons (Fsp3) is 0.500. The van der Waals surface area contributed by atoms with Crippen LogP contribution >= 0.6 is 11.9 Å². The Bertz CT molecular complexity index is 245. The molecule has 0 aliphatic rings. The van der Waals surface area contributed by atoms with Crippen LogP contribution in [0.3, 0.4) is 0 Å². The minimum atomic E-state index is 0.866. The molecule has 72 valence electrons. The van der Waals surface area contributed by atoms with Crippen LogP contribution in [-0.2, 0) is 6.54 Å². The third kappa shape index (κ3) is 3.50. The van der Waals surface area contributed by atoms with Crippen LogP contribution in [0.1, 0.15) is 6.92 Å². The zero-order chi connectivity index (χ0) is 9.52. The summed E-state index contributed by atoms with van der Waals surface area (Å²) in [6.45, 7) is 3.82. The smallest absolute Gasteiger partial charge is 0.137 e. The number of hydrogen-bond acceptors (Lipinski definition) is 4. The van der Waals surface area contributed by atoms with Crippen LogP contribution in [0, 0.1) is 0 Å². The Hall–Kier alpha value is -0.970. The summed E-state index contributed by atoms with van der Waals surface area (Å²) in [5, 5.41) is 4.03. The Kier molecular flexibility index (Phi) is 4.39. The summed E-state index contributed by atoms with van der Waals surface area (Å²) in [4.78, 5) is 3.88. The Balaban J connectivity index is 2.32. The van der Waals surface area contributed by atoms with E-state index in [-0.39, 0.29) is 0 Å². The van der Waals surface area contributed by atoms with Crippen LogP contribution in [0.15, 0.2) is 24.9 Å². The molecule has 1 aromatic heterocycles. The van der Waals surface area contributed by atoms with E-state index in [1.54, 1.807) is 24.6 Å². The quantitative estimate of drug-likeness (QED) is 0.670. The lowest BCUT2D eigenvalue weighted by molar-refractivity contribution is 0.510. The van der Waals surface area contributed by atoms with Gasteiger partial charge >= 0.3 is 0 Å². The molecule has 1 rings (SSSR count). The van der Waals surface area contributed by atoms with Crippen LogP contribution in [0.2, 0.25) is 0 Å². The molecule has 1 aromatic rings. The average molecular weight is 198 g/mol. The van der Waals surface area contributed by atoms with Crippen molar-refractivity contribution in [2.24, 2.45) is 0 Å². The molecule has 0 spiro atoms. The lowest BCUT2D eigenvalue weighted by Crippen LogP contribution is -2.15. The van der Waals surface area contributed by atoms with Crippen LogP contribution in [0.5, 0.6) is 0 Å². The maximum atomic E-state index is 4.03. The average Bonchev–Trinajstić information content (AvgIpc) is 2.64. The number of hydrogen-bond donors (Lipinski definition) is 0. The molecule has 0 aromatic carbocycles. The van der Waals surface area contributed by atoms with Gasteiger partial charge in [-0.1, -0.05) is 18.0 Å². The molecule has 4 nitrogen and oxygen atoms in total. The Morgan fingerprint density at radius 1 is 1.62 bits per heavy atom. The van der Waals surface area contributed by atoms with Crippen molar-refractivity contribution in [1.29, 1.82) is 0 Å². The summed E-state index contributed by atoms with van der Waals surface area (Å²) in [5.41, 5.74) is 0. The van der Waals surface area contributed by atoms with E-state index in [1.165, 1.54) is 0 Å². The minimum Gasteiger partial charge on any atom is -0.322 e. The monoisotopic (exact) mass is 198 g/mol. The number of rotatable bonds is 5. The molecule has 0 fully saturated rings. The van der Waals surface area contributed by atoms with Gasteiger partial charge < -0.3 is 4.31 Å². The maximum Gasteiger partial charge on any atom is 0.137 e. The highest BCUT2D eigenvalue weighted by molar-refractivity contribution is 7.96. The van der Waals surface area contributed by atoms with E-state index < -0.39 is 0 Å². The summed E-state index contributed by atoms with van der Waals surface area (Å²) in [5.74, 6) is 0. The molecule has 1 heterocycles. The molecule has 0 atom stereocenters. The van der Waals surface area contributed by atoms with Gasteiger partial charge in [0.1, 0.15) is 12.7 Å². The Morgan fingerprint density at radius 3 is 3.00 bits per heavy atom. The van der Waals surface area contributed by atoms with Crippen LogP contribution in [0.4, 0.5) is 0 Å². The summed E-state index contributed by atoms with van der Waals surface area (Å²) in [6, 6.07) is 0. The third-order valence-electron chi connectivity index (χ3n) is 1.57. The van der Waals surface area contributed by atoms with Crippen molar-refractivity contribution in [3.63, 3.8) is 0 Å². The van der Waals surface area contributed by atoms with Gasteiger partial charge in [0.2, 0.25) is 0 Å². The van der Waals surface area contributed by atoms with Crippen molar-refractivity contribution in [3.05, 3.63) is 24.9 Å². The first-order chi connectivity index (χ1) is 6.36. The van der Waals surface area contributed by atoms with Gasteiger partial charge in [0.05, 0.1) is 6.54 Å². The SMILES string of the molecule is C/C=C\N(CCn1cncn1)SC. The van der Waals surface area contributed by atoms with Crippen LogP contribution in [0.25, 0.3) is 0 Å². The zero-order valence-electron chi connectivity index (χ0n) is 7.92. The second-order valence-electron chi connectivity index (χ2n) is 2.46. The largest absolute Gasteiger partial charge is 0.322 e. The molecule has 0 unspecified atom stereocenters. The lowest BCUT2D eigenvalue weighted by atomic mass is 10.6. The van der Waals surface area contributed by atoms with E-state index in [1.807, 2.05) is 17.7 Å². The first-order valence-corrected chi connectivity index (χ1v) is 5.31. The van der Waals surface area contributed by atoms with Crippen molar-refractivity contribution < 1.29 is 0 Å². The molecule has 0 saturated heterocycles. The fourth-order valence-corrected chi connectivity index (χ4v) is 1.45. The molecular formula is C8H14N4S. The van der Waals surface area contributed by atoms with Crippen molar-refractivity contribution >= 4 is 11.9 Å². The van der Waals surface area contributed by atoms with Gasteiger partial charge in [-0.2, -0.15) is 5.10 Å². The number of nitrogens with zero attached hydrogens (tertiary/aromatic N) is 4. The van der Waals surface area contributed by atoms with Crippen molar-refractivity contribution in [1.82, 2.24) is 19.1 Å². The molecule has 5 heteroatoms. The molecule has 0 aliphatic carbocycles. The predicted octanol–water partition coefficient (Wildman–Crippen LogP) is 1.39. The van der Waals surface area contributed by atoms with Gasteiger partial charge in [-0.25, -0.2) is 4.98 Å². The topological polar surface area (TPSA) is 34.0 Å². The van der Waals surface area contributed by atoms with E-state index >= 15 is 0 Å². The molecule has 13 heavy (non-hydrogen) atoms. The Morgan fingerprint density at radius 2 is 2.46 bits per heavy atom. The molecular weight excluding hydrogens is 184 g/mol. The highest BCUT2D eigenvalue weighted by Gasteiger charge is 1.96. The molecule has 0 N–H and O–H groups in total. The fourth-order valence-electron chi connectivity index (χ4n) is 0.942. The Labute approximate surface area is 82.8 Å². The van der Waals surface area contributed by atoms with Crippen molar-refractivity contribution in [3.8, 4) is 0 Å². The molecule has 0 aliphatic heterocycles. The zero-order valence-corrected chi connectivity index (χ0v) is 8.74. The van der Waals surface area contributed by atoms with Crippen LogP contribution in [-0.4, -0.2) is 31.9 Å². The number of allylic oxidation sites excluding steroid dienone is 1. The second kappa shape index (κ2) is 5.64. The highest BCUT2D eigenvalue weighted by Crippen LogP contribution is 2.05. The summed E-state index contributed by atoms with van der Waals surface area (Å²) in [7, 11) is 0. The van der Waals surface area contributed by atoms with E-state index in [0.717, 1.165) is 13.1 Å². The van der Waals surface area contributed by atoms with E-state index in [4.69, 9.17) is 0 Å². The van der Waals surface area contributed by atoms with Crippen LogP contribution < -0.4 is 0 Å². The summed E-state index contributed by atoms with van der Waals surface area (Å²) in [6.07, 6.45) is 9.42. The van der Waals surface area contributed by atoms with E-state index in [9.17, 15) is 0 Å². The van der Waals surface area contributed by atoms with Crippen molar-refractivity contribution in [2.45, 2.75) is 13.5 Å². The van der Waals surface area contributed by atoms with Gasteiger partial charge in [-0.3, -0.25) is 4.68 Å². The minimum absolute atomic E-state index is 0.866. The molecule has 0 saturated carbocycles. The first kappa shape index (κ1) is 10.1. The summed E-state index contributed by atoms with van der Waals surface area (Å²) >= 11 is 1.70. The third-order valence-corrected chi connectivity index (χ3v) is 2.34. The number of aromatic nitrogens is 3.